The lowest BCUT2D eigenvalue weighted by Gasteiger charge is -2.08. The maximum absolute atomic E-state index is 12.5. The van der Waals surface area contributed by atoms with Crippen LogP contribution in [0.5, 0.6) is 5.75 Å². The lowest BCUT2D eigenvalue weighted by atomic mass is 10.2. The lowest BCUT2D eigenvalue weighted by Crippen LogP contribution is -2.22. The van der Waals surface area contributed by atoms with Crippen LogP contribution in [-0.4, -0.2) is 42.2 Å². The third-order valence-electron chi connectivity index (χ3n) is 4.30. The molecule has 1 aromatic carbocycles. The number of nitrogens with one attached hydrogen (secondary N) is 2. The van der Waals surface area contributed by atoms with Crippen molar-refractivity contribution in [2.45, 2.75) is 38.4 Å². The molecule has 2 aromatic rings. The summed E-state index contributed by atoms with van der Waals surface area (Å²) < 4.78 is 43.0. The number of hydrogen-bond donors (Lipinski definition) is 3. The Morgan fingerprint density at radius 1 is 0.906 bits per heavy atom. The summed E-state index contributed by atoms with van der Waals surface area (Å²) in [6, 6.07) is 9.22. The molecule has 0 unspecified atom stereocenters. The highest BCUT2D eigenvalue weighted by Crippen LogP contribution is 2.26. The molecule has 174 valence electrons. The van der Waals surface area contributed by atoms with Gasteiger partial charge in [0.05, 0.1) is 16.4 Å². The summed E-state index contributed by atoms with van der Waals surface area (Å²) in [5, 5.41) is 13.4. The van der Waals surface area contributed by atoms with Crippen LogP contribution in [0.4, 0.5) is 18.0 Å². The topological polar surface area (TPSA) is 105 Å². The monoisotopic (exact) mass is 472 g/mol. The molecule has 0 fully saturated rings. The fraction of sp³-hybridized carbons (Fsp3) is 0.381. The van der Waals surface area contributed by atoms with Gasteiger partial charge < -0.3 is 20.5 Å². The van der Waals surface area contributed by atoms with Crippen LogP contribution >= 0.6 is 11.3 Å². The van der Waals surface area contributed by atoms with E-state index in [1.54, 1.807) is 24.3 Å². The number of ketones is 1. The third kappa shape index (κ3) is 8.58. The molecule has 3 N–H and O–H groups in total. The SMILES string of the molecule is O=C(O)NCCCCCCOc1ccc(CNC(=O)c2ccc(C(=O)C(F)(F)F)s2)cc1. The Bertz CT molecular complexity index is 913. The highest BCUT2D eigenvalue weighted by molar-refractivity contribution is 7.16. The zero-order valence-electron chi connectivity index (χ0n) is 17.0. The highest BCUT2D eigenvalue weighted by atomic mass is 32.1. The number of rotatable bonds is 12. The number of carbonyl (C=O) groups excluding carboxylic acids is 2. The van der Waals surface area contributed by atoms with Crippen LogP contribution in [0.1, 0.15) is 50.6 Å². The first-order chi connectivity index (χ1) is 15.2. The standard InChI is InChI=1S/C21H23F3N2O5S/c22-21(23,24)18(27)16-9-10-17(32-16)19(28)26-13-14-5-7-15(8-6-14)31-12-4-2-1-3-11-25-20(29)30/h5-10,25H,1-4,11-13H2,(H,26,28)(H,29,30). The van der Waals surface area contributed by atoms with Crippen LogP contribution < -0.4 is 15.4 Å². The molecule has 1 aromatic heterocycles. The largest absolute Gasteiger partial charge is 0.494 e. The Balaban J connectivity index is 1.68. The van der Waals surface area contributed by atoms with Gasteiger partial charge in [-0.25, -0.2) is 4.79 Å². The van der Waals surface area contributed by atoms with Gasteiger partial charge >= 0.3 is 12.3 Å². The van der Waals surface area contributed by atoms with Gasteiger partial charge in [0, 0.05) is 13.1 Å². The number of halogens is 3. The highest BCUT2D eigenvalue weighted by Gasteiger charge is 2.40. The van der Waals surface area contributed by atoms with Crippen molar-refractivity contribution in [2.75, 3.05) is 13.2 Å². The van der Waals surface area contributed by atoms with E-state index in [-0.39, 0.29) is 11.4 Å². The van der Waals surface area contributed by atoms with Crippen molar-refractivity contribution < 1.29 is 37.4 Å². The molecule has 0 saturated heterocycles. The maximum atomic E-state index is 12.5. The predicted octanol–water partition coefficient (Wildman–Crippen LogP) is 4.63. The predicted molar refractivity (Wildman–Crippen MR) is 112 cm³/mol. The van der Waals surface area contributed by atoms with E-state index in [0.717, 1.165) is 37.3 Å². The van der Waals surface area contributed by atoms with Gasteiger partial charge in [-0.3, -0.25) is 9.59 Å². The molecular weight excluding hydrogens is 449 g/mol. The number of carbonyl (C=O) groups is 3. The second-order valence-corrected chi connectivity index (χ2v) is 7.90. The summed E-state index contributed by atoms with van der Waals surface area (Å²) in [6.45, 7) is 1.14. The van der Waals surface area contributed by atoms with Crippen LogP contribution in [0, 0.1) is 0 Å². The molecule has 0 saturated carbocycles. The van der Waals surface area contributed by atoms with E-state index in [1.807, 2.05) is 0 Å². The number of benzene rings is 1. The second kappa shape index (κ2) is 12.1. The Morgan fingerprint density at radius 2 is 1.56 bits per heavy atom. The van der Waals surface area contributed by atoms with Crippen molar-refractivity contribution in [3.63, 3.8) is 0 Å². The zero-order valence-corrected chi connectivity index (χ0v) is 17.9. The average molecular weight is 472 g/mol. The van der Waals surface area contributed by atoms with E-state index >= 15 is 0 Å². The van der Waals surface area contributed by atoms with Crippen molar-refractivity contribution in [1.29, 1.82) is 0 Å². The minimum absolute atomic E-state index is 0.0243. The molecular formula is C21H23F3N2O5S. The molecule has 2 rings (SSSR count). The molecule has 0 spiro atoms. The molecule has 32 heavy (non-hydrogen) atoms. The first-order valence-corrected chi connectivity index (χ1v) is 10.7. The number of ether oxygens (including phenoxy) is 1. The van der Waals surface area contributed by atoms with Crippen LogP contribution in [-0.2, 0) is 6.54 Å². The van der Waals surface area contributed by atoms with Crippen molar-refractivity contribution in [3.8, 4) is 5.75 Å². The van der Waals surface area contributed by atoms with E-state index in [0.29, 0.717) is 30.2 Å². The summed E-state index contributed by atoms with van der Waals surface area (Å²) in [5.41, 5.74) is 0.778. The molecule has 0 aliphatic rings. The normalized spacial score (nSPS) is 11.1. The molecule has 0 atom stereocenters. The van der Waals surface area contributed by atoms with Gasteiger partial charge in [0.2, 0.25) is 0 Å². The summed E-state index contributed by atoms with van der Waals surface area (Å²) in [6.07, 6.45) is -2.55. The molecule has 2 amide bonds. The number of thiophene rings is 1. The third-order valence-corrected chi connectivity index (χ3v) is 5.39. The Kier molecular flexibility index (Phi) is 9.51. The molecule has 11 heteroatoms. The van der Waals surface area contributed by atoms with Crippen LogP contribution in [0.2, 0.25) is 0 Å². The van der Waals surface area contributed by atoms with Crippen LogP contribution in [0.3, 0.4) is 0 Å². The van der Waals surface area contributed by atoms with Gasteiger partial charge in [0.1, 0.15) is 5.75 Å². The van der Waals surface area contributed by atoms with E-state index in [2.05, 4.69) is 10.6 Å². The number of Topliss-reactive ketones (excluding diaryl/α,β-unsaturated/α-hetero) is 1. The van der Waals surface area contributed by atoms with Gasteiger partial charge in [-0.15, -0.1) is 11.3 Å². The van der Waals surface area contributed by atoms with Crippen molar-refractivity contribution in [1.82, 2.24) is 10.6 Å². The fourth-order valence-electron chi connectivity index (χ4n) is 2.66. The van der Waals surface area contributed by atoms with E-state index in [4.69, 9.17) is 9.84 Å². The minimum Gasteiger partial charge on any atom is -0.494 e. The summed E-state index contributed by atoms with van der Waals surface area (Å²) in [7, 11) is 0. The number of carboxylic acid groups (broad SMARTS) is 1. The maximum Gasteiger partial charge on any atom is 0.455 e. The van der Waals surface area contributed by atoms with Gasteiger partial charge in [-0.1, -0.05) is 25.0 Å². The van der Waals surface area contributed by atoms with Gasteiger partial charge in [0.25, 0.3) is 11.7 Å². The second-order valence-electron chi connectivity index (χ2n) is 6.81. The van der Waals surface area contributed by atoms with E-state index in [9.17, 15) is 27.6 Å². The van der Waals surface area contributed by atoms with E-state index < -0.39 is 28.8 Å². The first kappa shape index (κ1) is 25.2. The van der Waals surface area contributed by atoms with E-state index in [1.165, 1.54) is 6.07 Å². The number of hydrogen-bond acceptors (Lipinski definition) is 5. The average Bonchev–Trinajstić information content (AvgIpc) is 3.23. The smallest absolute Gasteiger partial charge is 0.455 e. The van der Waals surface area contributed by atoms with Crippen LogP contribution in [0.25, 0.3) is 0 Å². The van der Waals surface area contributed by atoms with Crippen molar-refractivity contribution in [2.24, 2.45) is 0 Å². The van der Waals surface area contributed by atoms with Gasteiger partial charge in [-0.05, 0) is 42.7 Å². The molecule has 0 radical (unpaired) electrons. The summed E-state index contributed by atoms with van der Waals surface area (Å²) in [4.78, 5) is 33.1. The number of unbranched alkanes of at least 4 members (excludes halogenated alkanes) is 3. The minimum atomic E-state index is -4.97. The fourth-order valence-corrected chi connectivity index (χ4v) is 3.54. The van der Waals surface area contributed by atoms with Gasteiger partial charge in [0.15, 0.2) is 0 Å². The quantitative estimate of drug-likeness (QED) is 0.309. The number of amides is 2. The summed E-state index contributed by atoms with van der Waals surface area (Å²) in [5.74, 6) is -1.86. The Labute approximate surface area is 186 Å². The molecule has 0 aliphatic heterocycles. The molecule has 0 bridgehead atoms. The van der Waals surface area contributed by atoms with Gasteiger partial charge in [-0.2, -0.15) is 13.2 Å². The van der Waals surface area contributed by atoms with Crippen LogP contribution in [0.15, 0.2) is 36.4 Å². The first-order valence-electron chi connectivity index (χ1n) is 9.85. The summed E-state index contributed by atoms with van der Waals surface area (Å²) >= 11 is 0.501. The molecule has 1 heterocycles. The van der Waals surface area contributed by atoms with Crippen molar-refractivity contribution >= 4 is 29.1 Å². The number of alkyl halides is 3. The van der Waals surface area contributed by atoms with Crippen molar-refractivity contribution in [3.05, 3.63) is 51.7 Å². The lowest BCUT2D eigenvalue weighted by molar-refractivity contribution is -0.0882. The molecule has 0 aliphatic carbocycles. The molecule has 7 nitrogen and oxygen atoms in total. The Morgan fingerprint density at radius 3 is 2.22 bits per heavy atom. The zero-order chi connectivity index (χ0) is 23.6. The Hall–Kier alpha value is -3.08.